The number of thiophene rings is 1. The minimum absolute atomic E-state index is 0.0559. The molecule has 1 spiro atoms. The zero-order chi connectivity index (χ0) is 19.5. The van der Waals surface area contributed by atoms with Crippen molar-refractivity contribution in [3.8, 4) is 0 Å². The van der Waals surface area contributed by atoms with Crippen LogP contribution < -0.4 is 5.01 Å². The lowest BCUT2D eigenvalue weighted by Gasteiger charge is -2.28. The fourth-order valence-corrected chi connectivity index (χ4v) is 4.61. The second-order valence-electron chi connectivity index (χ2n) is 6.70. The van der Waals surface area contributed by atoms with E-state index in [4.69, 9.17) is 0 Å². The van der Waals surface area contributed by atoms with Gasteiger partial charge in [-0.3, -0.25) is 0 Å². The molecule has 140 valence electrons. The number of rotatable bonds is 3. The Morgan fingerprint density at radius 3 is 2.32 bits per heavy atom. The first kappa shape index (κ1) is 17.1. The Labute approximate surface area is 162 Å². The number of benzene rings is 2. The molecule has 0 amide bonds. The van der Waals surface area contributed by atoms with Gasteiger partial charge in [-0.25, -0.2) is 18.2 Å². The van der Waals surface area contributed by atoms with E-state index in [-0.39, 0.29) is 17.3 Å². The van der Waals surface area contributed by atoms with Gasteiger partial charge >= 0.3 is 0 Å². The summed E-state index contributed by atoms with van der Waals surface area (Å²) in [7, 11) is 0. The van der Waals surface area contributed by atoms with Crippen molar-refractivity contribution >= 4 is 22.7 Å². The molecule has 5 rings (SSSR count). The molecule has 1 aromatic heterocycles. The number of halogens is 3. The fourth-order valence-electron chi connectivity index (χ4n) is 3.71. The SMILES string of the molecule is OC1=CC12C(c1cccs1)C(c1ccc(F)cc1)=NN2c1ccc(F)cc1F. The van der Waals surface area contributed by atoms with Crippen LogP contribution >= 0.6 is 11.3 Å². The van der Waals surface area contributed by atoms with Gasteiger partial charge < -0.3 is 5.11 Å². The van der Waals surface area contributed by atoms with Crippen molar-refractivity contribution in [2.24, 2.45) is 5.10 Å². The summed E-state index contributed by atoms with van der Waals surface area (Å²) in [5, 5.41) is 18.4. The molecule has 0 saturated carbocycles. The number of nitrogens with zero attached hydrogens (tertiary/aromatic N) is 2. The predicted octanol–water partition coefficient (Wildman–Crippen LogP) is 5.37. The standard InChI is InChI=1S/C21H13F3N2OS/c22-13-5-3-12(4-6-13)20-19(17-2-1-9-28-17)21(11-18(21)27)26(25-20)16-8-7-14(23)10-15(16)24/h1-11,19,27H. The van der Waals surface area contributed by atoms with E-state index < -0.39 is 23.1 Å². The van der Waals surface area contributed by atoms with Crippen molar-refractivity contribution in [2.45, 2.75) is 11.5 Å². The highest BCUT2D eigenvalue weighted by Crippen LogP contribution is 2.57. The van der Waals surface area contributed by atoms with Gasteiger partial charge in [0.1, 0.15) is 17.4 Å². The van der Waals surface area contributed by atoms with Crippen LogP contribution in [-0.2, 0) is 0 Å². The molecular weight excluding hydrogens is 385 g/mol. The third-order valence-corrected chi connectivity index (χ3v) is 6.00. The fraction of sp³-hybridized carbons (Fsp3) is 0.0952. The molecular formula is C21H13F3N2OS. The molecule has 0 fully saturated rings. The molecule has 1 aliphatic carbocycles. The first-order valence-corrected chi connectivity index (χ1v) is 9.44. The Morgan fingerprint density at radius 2 is 1.71 bits per heavy atom. The van der Waals surface area contributed by atoms with Crippen molar-refractivity contribution in [3.05, 3.63) is 99.7 Å². The van der Waals surface area contributed by atoms with E-state index >= 15 is 0 Å². The van der Waals surface area contributed by atoms with E-state index in [9.17, 15) is 18.3 Å². The second-order valence-corrected chi connectivity index (χ2v) is 7.68. The summed E-state index contributed by atoms with van der Waals surface area (Å²) in [5.41, 5.74) is 0.247. The Bertz CT molecular complexity index is 1130. The van der Waals surface area contributed by atoms with E-state index in [1.165, 1.54) is 34.5 Å². The molecule has 2 aliphatic rings. The highest BCUT2D eigenvalue weighted by Gasteiger charge is 2.63. The van der Waals surface area contributed by atoms with Crippen LogP contribution in [0.2, 0.25) is 0 Å². The summed E-state index contributed by atoms with van der Waals surface area (Å²) in [6, 6.07) is 12.9. The second kappa shape index (κ2) is 5.97. The monoisotopic (exact) mass is 398 g/mol. The van der Waals surface area contributed by atoms with Crippen LogP contribution in [0.5, 0.6) is 0 Å². The molecule has 0 bridgehead atoms. The average molecular weight is 398 g/mol. The quantitative estimate of drug-likeness (QED) is 0.644. The van der Waals surface area contributed by atoms with Gasteiger partial charge in [0.15, 0.2) is 11.4 Å². The molecule has 2 aromatic carbocycles. The van der Waals surface area contributed by atoms with E-state index in [1.807, 2.05) is 17.5 Å². The number of aliphatic hydroxyl groups is 1. The largest absolute Gasteiger partial charge is 0.510 e. The molecule has 1 aliphatic heterocycles. The van der Waals surface area contributed by atoms with Gasteiger partial charge in [-0.1, -0.05) is 18.2 Å². The summed E-state index contributed by atoms with van der Waals surface area (Å²) in [5.74, 6) is -2.18. The summed E-state index contributed by atoms with van der Waals surface area (Å²) < 4.78 is 41.4. The van der Waals surface area contributed by atoms with Gasteiger partial charge in [0.2, 0.25) is 0 Å². The van der Waals surface area contributed by atoms with Crippen LogP contribution in [0.4, 0.5) is 18.9 Å². The minimum atomic E-state index is -1.05. The van der Waals surface area contributed by atoms with Crippen molar-refractivity contribution in [1.29, 1.82) is 0 Å². The number of anilines is 1. The van der Waals surface area contributed by atoms with Crippen LogP contribution in [0.3, 0.4) is 0 Å². The Morgan fingerprint density at radius 1 is 1.00 bits per heavy atom. The molecule has 0 saturated heterocycles. The normalized spacial score (nSPS) is 23.1. The Balaban J connectivity index is 1.70. The van der Waals surface area contributed by atoms with Gasteiger partial charge in [-0.2, -0.15) is 5.10 Å². The summed E-state index contributed by atoms with van der Waals surface area (Å²) in [6.45, 7) is 0. The van der Waals surface area contributed by atoms with Crippen molar-refractivity contribution in [3.63, 3.8) is 0 Å². The highest BCUT2D eigenvalue weighted by molar-refractivity contribution is 7.10. The third kappa shape index (κ3) is 2.39. The van der Waals surface area contributed by atoms with Gasteiger partial charge in [0.05, 0.1) is 17.3 Å². The Hall–Kier alpha value is -3.06. The lowest BCUT2D eigenvalue weighted by molar-refractivity contribution is 0.381. The molecule has 2 unspecified atom stereocenters. The molecule has 2 atom stereocenters. The van der Waals surface area contributed by atoms with E-state index in [2.05, 4.69) is 5.10 Å². The first-order chi connectivity index (χ1) is 13.5. The van der Waals surface area contributed by atoms with Gasteiger partial charge in [-0.15, -0.1) is 11.3 Å². The van der Waals surface area contributed by atoms with Crippen LogP contribution in [0.15, 0.2) is 76.9 Å². The zero-order valence-electron chi connectivity index (χ0n) is 14.3. The zero-order valence-corrected chi connectivity index (χ0v) is 15.1. The van der Waals surface area contributed by atoms with Crippen LogP contribution in [0.1, 0.15) is 16.4 Å². The molecule has 28 heavy (non-hydrogen) atoms. The van der Waals surface area contributed by atoms with Crippen LogP contribution in [0.25, 0.3) is 0 Å². The molecule has 7 heteroatoms. The molecule has 1 N–H and O–H groups in total. The lowest BCUT2D eigenvalue weighted by atomic mass is 9.86. The molecule has 3 aromatic rings. The summed E-state index contributed by atoms with van der Waals surface area (Å²) >= 11 is 1.49. The van der Waals surface area contributed by atoms with Gasteiger partial charge in [0.25, 0.3) is 0 Å². The van der Waals surface area contributed by atoms with Crippen LogP contribution in [0, 0.1) is 17.5 Å². The molecule has 3 nitrogen and oxygen atoms in total. The smallest absolute Gasteiger partial charge is 0.155 e. The number of hydrogen-bond donors (Lipinski definition) is 1. The molecule has 0 radical (unpaired) electrons. The van der Waals surface area contributed by atoms with E-state index in [1.54, 1.807) is 18.2 Å². The van der Waals surface area contributed by atoms with Crippen molar-refractivity contribution in [1.82, 2.24) is 0 Å². The van der Waals surface area contributed by atoms with Crippen molar-refractivity contribution in [2.75, 3.05) is 5.01 Å². The van der Waals surface area contributed by atoms with Gasteiger partial charge in [-0.05, 0) is 47.4 Å². The topological polar surface area (TPSA) is 35.8 Å². The van der Waals surface area contributed by atoms with Crippen LogP contribution in [-0.4, -0.2) is 16.4 Å². The maximum atomic E-state index is 14.5. The number of hydrogen-bond acceptors (Lipinski definition) is 4. The predicted molar refractivity (Wildman–Crippen MR) is 102 cm³/mol. The number of aliphatic hydroxyl groups excluding tert-OH is 1. The molecule has 2 heterocycles. The average Bonchev–Trinajstić information content (AvgIpc) is 3.00. The minimum Gasteiger partial charge on any atom is -0.510 e. The van der Waals surface area contributed by atoms with E-state index in [0.29, 0.717) is 11.3 Å². The first-order valence-electron chi connectivity index (χ1n) is 8.56. The third-order valence-electron chi connectivity index (χ3n) is 5.06. The highest BCUT2D eigenvalue weighted by atomic mass is 32.1. The van der Waals surface area contributed by atoms with Gasteiger partial charge in [0, 0.05) is 10.9 Å². The summed E-state index contributed by atoms with van der Waals surface area (Å²) in [6.07, 6.45) is 1.61. The maximum absolute atomic E-state index is 14.5. The van der Waals surface area contributed by atoms with E-state index in [0.717, 1.165) is 17.0 Å². The Kier molecular flexibility index (Phi) is 3.64. The summed E-state index contributed by atoms with van der Waals surface area (Å²) in [4.78, 5) is 0.924. The maximum Gasteiger partial charge on any atom is 0.155 e. The lowest BCUT2D eigenvalue weighted by Crippen LogP contribution is -2.38. The number of hydrazone groups is 1. The van der Waals surface area contributed by atoms with Crippen molar-refractivity contribution < 1.29 is 18.3 Å².